The second-order valence-electron chi connectivity index (χ2n) is 4.26. The lowest BCUT2D eigenvalue weighted by Gasteiger charge is -2.33. The molecule has 1 aromatic heterocycles. The van der Waals surface area contributed by atoms with Crippen LogP contribution in [0.5, 0.6) is 0 Å². The highest BCUT2D eigenvalue weighted by atomic mass is 35.5. The van der Waals surface area contributed by atoms with E-state index in [1.165, 1.54) is 0 Å². The van der Waals surface area contributed by atoms with Crippen LogP contribution in [-0.4, -0.2) is 36.9 Å². The molecule has 0 amide bonds. The Morgan fingerprint density at radius 1 is 1.44 bits per heavy atom. The number of rotatable bonds is 3. The smallest absolute Gasteiger partial charge is 0.226 e. The van der Waals surface area contributed by atoms with Gasteiger partial charge >= 0.3 is 0 Å². The number of nitrogens with zero attached hydrogens (tertiary/aromatic N) is 3. The second-order valence-corrected chi connectivity index (χ2v) is 4.60. The Balaban J connectivity index is 2.30. The SMILES string of the molecule is CNc1c(N)nc(Cl)nc1N(C)C1CCCCO1. The van der Waals surface area contributed by atoms with E-state index in [0.29, 0.717) is 17.3 Å². The topological polar surface area (TPSA) is 76.3 Å². The fourth-order valence-corrected chi connectivity index (χ4v) is 2.27. The molecular formula is C11H18ClN5O. The highest BCUT2D eigenvalue weighted by Gasteiger charge is 2.23. The number of aromatic nitrogens is 2. The Bertz CT molecular complexity index is 422. The Kier molecular flexibility index (Phi) is 4.08. The zero-order valence-corrected chi connectivity index (χ0v) is 11.4. The molecule has 100 valence electrons. The number of halogens is 1. The lowest BCUT2D eigenvalue weighted by Crippen LogP contribution is -2.37. The van der Waals surface area contributed by atoms with Gasteiger partial charge in [-0.2, -0.15) is 9.97 Å². The van der Waals surface area contributed by atoms with Crippen LogP contribution in [-0.2, 0) is 4.74 Å². The zero-order valence-electron chi connectivity index (χ0n) is 10.6. The monoisotopic (exact) mass is 271 g/mol. The number of anilines is 3. The van der Waals surface area contributed by atoms with E-state index in [-0.39, 0.29) is 11.5 Å². The number of nitrogens with two attached hydrogens (primary N) is 1. The summed E-state index contributed by atoms with van der Waals surface area (Å²) in [7, 11) is 3.71. The molecule has 1 saturated heterocycles. The van der Waals surface area contributed by atoms with E-state index >= 15 is 0 Å². The third-order valence-electron chi connectivity index (χ3n) is 3.06. The Morgan fingerprint density at radius 2 is 2.22 bits per heavy atom. The molecule has 7 heteroatoms. The van der Waals surface area contributed by atoms with Crippen molar-refractivity contribution in [2.24, 2.45) is 0 Å². The molecule has 1 aliphatic rings. The summed E-state index contributed by atoms with van der Waals surface area (Å²) in [5.41, 5.74) is 6.51. The summed E-state index contributed by atoms with van der Waals surface area (Å²) in [6.07, 6.45) is 3.24. The van der Waals surface area contributed by atoms with Crippen molar-refractivity contribution in [1.29, 1.82) is 0 Å². The summed E-state index contributed by atoms with van der Waals surface area (Å²) in [4.78, 5) is 10.1. The molecule has 1 atom stereocenters. The summed E-state index contributed by atoms with van der Waals surface area (Å²) in [5.74, 6) is 1.01. The van der Waals surface area contributed by atoms with Gasteiger partial charge in [0, 0.05) is 20.7 Å². The standard InChI is InChI=1S/C11H18ClN5O/c1-14-8-9(13)15-11(12)16-10(8)17(2)7-5-3-4-6-18-7/h7,14H,3-6H2,1-2H3,(H2,13,15,16). The fourth-order valence-electron chi connectivity index (χ4n) is 2.10. The van der Waals surface area contributed by atoms with Crippen LogP contribution in [0.3, 0.4) is 0 Å². The number of nitrogens with one attached hydrogen (secondary N) is 1. The van der Waals surface area contributed by atoms with Crippen LogP contribution in [0.25, 0.3) is 0 Å². The molecule has 0 radical (unpaired) electrons. The molecule has 1 aliphatic heterocycles. The second kappa shape index (κ2) is 5.58. The molecule has 1 unspecified atom stereocenters. The van der Waals surface area contributed by atoms with E-state index in [2.05, 4.69) is 15.3 Å². The van der Waals surface area contributed by atoms with Crippen LogP contribution in [0.15, 0.2) is 0 Å². The normalized spacial score (nSPS) is 19.6. The molecule has 0 bridgehead atoms. The minimum atomic E-state index is 0.0104. The molecule has 1 aromatic rings. The van der Waals surface area contributed by atoms with Gasteiger partial charge in [0.1, 0.15) is 11.9 Å². The molecule has 3 N–H and O–H groups in total. The van der Waals surface area contributed by atoms with Crippen molar-refractivity contribution >= 4 is 28.9 Å². The maximum absolute atomic E-state index is 5.86. The summed E-state index contributed by atoms with van der Waals surface area (Å²) in [6.45, 7) is 0.776. The Labute approximate surface area is 111 Å². The molecule has 2 rings (SSSR count). The van der Waals surface area contributed by atoms with Gasteiger partial charge in [0.2, 0.25) is 5.28 Å². The number of ether oxygens (including phenoxy) is 1. The molecule has 0 aromatic carbocycles. The van der Waals surface area contributed by atoms with Crippen LogP contribution >= 0.6 is 11.6 Å². The van der Waals surface area contributed by atoms with Crippen molar-refractivity contribution in [3.8, 4) is 0 Å². The van der Waals surface area contributed by atoms with Crippen molar-refractivity contribution in [3.05, 3.63) is 5.28 Å². The molecule has 0 aliphatic carbocycles. The van der Waals surface area contributed by atoms with Gasteiger partial charge in [0.05, 0.1) is 0 Å². The van der Waals surface area contributed by atoms with Crippen LogP contribution in [0.4, 0.5) is 17.3 Å². The lowest BCUT2D eigenvalue weighted by molar-refractivity contribution is 0.0171. The van der Waals surface area contributed by atoms with Crippen LogP contribution in [0.2, 0.25) is 5.28 Å². The average molecular weight is 272 g/mol. The Hall–Kier alpha value is -1.27. The quantitative estimate of drug-likeness (QED) is 0.815. The summed E-state index contributed by atoms with van der Waals surface area (Å²) >= 11 is 5.86. The van der Waals surface area contributed by atoms with E-state index in [1.54, 1.807) is 7.05 Å². The molecule has 0 spiro atoms. The summed E-state index contributed by atoms with van der Waals surface area (Å²) in [5, 5.41) is 3.15. The predicted octanol–water partition coefficient (Wildman–Crippen LogP) is 1.72. The number of hydrogen-bond acceptors (Lipinski definition) is 6. The molecule has 2 heterocycles. The first-order valence-electron chi connectivity index (χ1n) is 5.98. The van der Waals surface area contributed by atoms with Crippen LogP contribution in [0, 0.1) is 0 Å². The van der Waals surface area contributed by atoms with Crippen molar-refractivity contribution in [2.45, 2.75) is 25.5 Å². The van der Waals surface area contributed by atoms with Crippen molar-refractivity contribution < 1.29 is 4.74 Å². The van der Waals surface area contributed by atoms with Crippen molar-refractivity contribution in [2.75, 3.05) is 36.7 Å². The summed E-state index contributed by atoms with van der Waals surface area (Å²) in [6, 6.07) is 0. The largest absolute Gasteiger partial charge is 0.382 e. The predicted molar refractivity (Wildman–Crippen MR) is 73.0 cm³/mol. The van der Waals surface area contributed by atoms with Gasteiger partial charge in [-0.1, -0.05) is 0 Å². The number of nitrogen functional groups attached to an aromatic ring is 1. The van der Waals surface area contributed by atoms with Crippen LogP contribution in [0.1, 0.15) is 19.3 Å². The van der Waals surface area contributed by atoms with Crippen molar-refractivity contribution in [3.63, 3.8) is 0 Å². The molecule has 18 heavy (non-hydrogen) atoms. The van der Waals surface area contributed by atoms with E-state index < -0.39 is 0 Å². The first-order valence-corrected chi connectivity index (χ1v) is 6.36. The molecule has 1 fully saturated rings. The average Bonchev–Trinajstić information content (AvgIpc) is 2.38. The molecule has 6 nitrogen and oxygen atoms in total. The first-order chi connectivity index (χ1) is 8.63. The van der Waals surface area contributed by atoms with Crippen LogP contribution < -0.4 is 16.0 Å². The minimum Gasteiger partial charge on any atom is -0.382 e. The molecule has 0 saturated carbocycles. The highest BCUT2D eigenvalue weighted by Crippen LogP contribution is 2.31. The van der Waals surface area contributed by atoms with E-state index in [1.807, 2.05) is 11.9 Å². The van der Waals surface area contributed by atoms with Gasteiger partial charge in [0.15, 0.2) is 11.6 Å². The highest BCUT2D eigenvalue weighted by molar-refractivity contribution is 6.28. The maximum atomic E-state index is 5.86. The van der Waals surface area contributed by atoms with Gasteiger partial charge in [-0.25, -0.2) is 0 Å². The van der Waals surface area contributed by atoms with Gasteiger partial charge < -0.3 is 20.7 Å². The lowest BCUT2D eigenvalue weighted by atomic mass is 10.1. The van der Waals surface area contributed by atoms with E-state index in [4.69, 9.17) is 22.1 Å². The van der Waals surface area contributed by atoms with Crippen molar-refractivity contribution in [1.82, 2.24) is 9.97 Å². The third-order valence-corrected chi connectivity index (χ3v) is 3.23. The fraction of sp³-hybridized carbons (Fsp3) is 0.636. The summed E-state index contributed by atoms with van der Waals surface area (Å²) < 4.78 is 5.73. The Morgan fingerprint density at radius 3 is 2.83 bits per heavy atom. The molecular weight excluding hydrogens is 254 g/mol. The minimum absolute atomic E-state index is 0.0104. The number of hydrogen-bond donors (Lipinski definition) is 2. The van der Waals surface area contributed by atoms with E-state index in [9.17, 15) is 0 Å². The van der Waals surface area contributed by atoms with Gasteiger partial charge in [0.25, 0.3) is 0 Å². The zero-order chi connectivity index (χ0) is 13.1. The van der Waals surface area contributed by atoms with Gasteiger partial charge in [-0.05, 0) is 30.9 Å². The third kappa shape index (κ3) is 2.59. The first kappa shape index (κ1) is 13.2. The van der Waals surface area contributed by atoms with E-state index in [0.717, 1.165) is 25.9 Å². The van der Waals surface area contributed by atoms with Gasteiger partial charge in [-0.3, -0.25) is 0 Å². The van der Waals surface area contributed by atoms with Gasteiger partial charge in [-0.15, -0.1) is 0 Å². The maximum Gasteiger partial charge on any atom is 0.226 e.